The first-order chi connectivity index (χ1) is 9.20. The maximum absolute atomic E-state index is 12.0. The first kappa shape index (κ1) is 13.1. The van der Waals surface area contributed by atoms with Crippen molar-refractivity contribution < 1.29 is 9.53 Å². The number of pyridine rings is 1. The summed E-state index contributed by atoms with van der Waals surface area (Å²) in [6.07, 6.45) is 3.19. The minimum absolute atomic E-state index is 0.147. The van der Waals surface area contributed by atoms with Crippen molar-refractivity contribution in [2.75, 3.05) is 11.9 Å². The highest BCUT2D eigenvalue weighted by molar-refractivity contribution is 6.04. The number of carbonyl (C=O) groups excluding carboxylic acids is 1. The van der Waals surface area contributed by atoms with E-state index in [1.54, 1.807) is 24.5 Å². The first-order valence-corrected chi connectivity index (χ1v) is 6.15. The molecule has 19 heavy (non-hydrogen) atoms. The summed E-state index contributed by atoms with van der Waals surface area (Å²) in [7, 11) is 0. The van der Waals surface area contributed by atoms with E-state index in [4.69, 9.17) is 4.74 Å². The van der Waals surface area contributed by atoms with Crippen molar-refractivity contribution in [3.63, 3.8) is 0 Å². The number of aryl methyl sites for hydroxylation is 1. The van der Waals surface area contributed by atoms with Gasteiger partial charge in [-0.25, -0.2) is 0 Å². The van der Waals surface area contributed by atoms with E-state index in [0.717, 1.165) is 17.0 Å². The van der Waals surface area contributed by atoms with Crippen LogP contribution in [0.25, 0.3) is 0 Å². The lowest BCUT2D eigenvalue weighted by molar-refractivity contribution is 0.102. The second-order valence-electron chi connectivity index (χ2n) is 4.10. The molecule has 0 unspecified atom stereocenters. The van der Waals surface area contributed by atoms with Crippen molar-refractivity contribution >= 4 is 11.6 Å². The van der Waals surface area contributed by atoms with Gasteiger partial charge < -0.3 is 10.1 Å². The summed E-state index contributed by atoms with van der Waals surface area (Å²) in [4.78, 5) is 15.9. The zero-order chi connectivity index (χ0) is 13.7. The van der Waals surface area contributed by atoms with E-state index in [-0.39, 0.29) is 5.91 Å². The highest BCUT2D eigenvalue weighted by Gasteiger charge is 2.06. The Bertz CT molecular complexity index is 568. The Morgan fingerprint density at radius 2 is 2.00 bits per heavy atom. The number of carbonyl (C=O) groups is 1. The minimum atomic E-state index is -0.147. The van der Waals surface area contributed by atoms with Crippen LogP contribution in [-0.2, 0) is 0 Å². The molecular formula is C15H16N2O2. The molecule has 0 bridgehead atoms. The molecule has 1 amide bonds. The molecule has 1 aromatic heterocycles. The smallest absolute Gasteiger partial charge is 0.255 e. The van der Waals surface area contributed by atoms with Crippen LogP contribution >= 0.6 is 0 Å². The Labute approximate surface area is 112 Å². The number of benzene rings is 1. The first-order valence-electron chi connectivity index (χ1n) is 6.15. The largest absolute Gasteiger partial charge is 0.494 e. The molecule has 0 spiro atoms. The maximum atomic E-state index is 12.0. The third kappa shape index (κ3) is 3.31. The Morgan fingerprint density at radius 1 is 1.26 bits per heavy atom. The van der Waals surface area contributed by atoms with Crippen molar-refractivity contribution in [3.05, 3.63) is 53.9 Å². The van der Waals surface area contributed by atoms with Gasteiger partial charge in [0.1, 0.15) is 5.75 Å². The fraction of sp³-hybridized carbons (Fsp3) is 0.200. The zero-order valence-corrected chi connectivity index (χ0v) is 11.0. The van der Waals surface area contributed by atoms with Gasteiger partial charge >= 0.3 is 0 Å². The van der Waals surface area contributed by atoms with Crippen molar-refractivity contribution in [3.8, 4) is 5.75 Å². The number of hydrogen-bond donors (Lipinski definition) is 1. The highest BCUT2D eigenvalue weighted by atomic mass is 16.5. The van der Waals surface area contributed by atoms with Crippen LogP contribution in [0.1, 0.15) is 22.8 Å². The third-order valence-electron chi connectivity index (χ3n) is 2.68. The number of anilines is 1. The van der Waals surface area contributed by atoms with Gasteiger partial charge in [-0.15, -0.1) is 0 Å². The van der Waals surface area contributed by atoms with Gasteiger partial charge in [-0.1, -0.05) is 0 Å². The number of nitrogens with one attached hydrogen (secondary N) is 1. The van der Waals surface area contributed by atoms with Gasteiger partial charge in [0.15, 0.2) is 0 Å². The van der Waals surface area contributed by atoms with E-state index in [2.05, 4.69) is 10.3 Å². The molecule has 2 aromatic rings. The zero-order valence-electron chi connectivity index (χ0n) is 11.0. The molecule has 0 fully saturated rings. The van der Waals surface area contributed by atoms with Crippen LogP contribution in [0.2, 0.25) is 0 Å². The monoisotopic (exact) mass is 256 g/mol. The standard InChI is InChI=1S/C15H16N2O2/c1-3-19-14-5-4-13(10-11(14)2)17-15(18)12-6-8-16-9-7-12/h4-10H,3H2,1-2H3,(H,17,18). The van der Waals surface area contributed by atoms with Gasteiger partial charge in [0.25, 0.3) is 5.91 Å². The Hall–Kier alpha value is -2.36. The van der Waals surface area contributed by atoms with Crippen LogP contribution in [0, 0.1) is 6.92 Å². The molecule has 0 aliphatic rings. The lowest BCUT2D eigenvalue weighted by Gasteiger charge is -2.10. The summed E-state index contributed by atoms with van der Waals surface area (Å²) in [6.45, 7) is 4.52. The second-order valence-corrected chi connectivity index (χ2v) is 4.10. The molecule has 4 nitrogen and oxygen atoms in total. The molecule has 4 heteroatoms. The summed E-state index contributed by atoms with van der Waals surface area (Å²) in [6, 6.07) is 8.94. The molecule has 0 radical (unpaired) electrons. The van der Waals surface area contributed by atoms with Crippen molar-refractivity contribution in [1.29, 1.82) is 0 Å². The number of ether oxygens (including phenoxy) is 1. The molecule has 0 saturated heterocycles. The molecule has 98 valence electrons. The van der Waals surface area contributed by atoms with Crippen LogP contribution in [0.4, 0.5) is 5.69 Å². The SMILES string of the molecule is CCOc1ccc(NC(=O)c2ccncc2)cc1C. The predicted molar refractivity (Wildman–Crippen MR) is 74.5 cm³/mol. The predicted octanol–water partition coefficient (Wildman–Crippen LogP) is 3.04. The molecular weight excluding hydrogens is 240 g/mol. The molecule has 2 rings (SSSR count). The van der Waals surface area contributed by atoms with Gasteiger partial charge in [0.2, 0.25) is 0 Å². The molecule has 1 N–H and O–H groups in total. The highest BCUT2D eigenvalue weighted by Crippen LogP contribution is 2.22. The van der Waals surface area contributed by atoms with E-state index in [0.29, 0.717) is 12.2 Å². The number of amides is 1. The fourth-order valence-corrected chi connectivity index (χ4v) is 1.75. The average Bonchev–Trinajstić information content (AvgIpc) is 2.43. The summed E-state index contributed by atoms with van der Waals surface area (Å²) >= 11 is 0. The molecule has 1 aromatic carbocycles. The average molecular weight is 256 g/mol. The summed E-state index contributed by atoms with van der Waals surface area (Å²) in [5.41, 5.74) is 2.33. The Morgan fingerprint density at radius 3 is 2.63 bits per heavy atom. The maximum Gasteiger partial charge on any atom is 0.255 e. The normalized spacial score (nSPS) is 10.0. The quantitative estimate of drug-likeness (QED) is 0.914. The van der Waals surface area contributed by atoms with E-state index >= 15 is 0 Å². The number of aromatic nitrogens is 1. The summed E-state index contributed by atoms with van der Waals surface area (Å²) < 4.78 is 5.46. The van der Waals surface area contributed by atoms with E-state index in [9.17, 15) is 4.79 Å². The molecule has 0 atom stereocenters. The van der Waals surface area contributed by atoms with Gasteiger partial charge in [0.05, 0.1) is 6.61 Å². The van der Waals surface area contributed by atoms with E-state index in [1.807, 2.05) is 32.0 Å². The summed E-state index contributed by atoms with van der Waals surface area (Å²) in [5.74, 6) is 0.690. The number of rotatable bonds is 4. The van der Waals surface area contributed by atoms with E-state index in [1.165, 1.54) is 0 Å². The van der Waals surface area contributed by atoms with Gasteiger partial charge in [-0.3, -0.25) is 9.78 Å². The lowest BCUT2D eigenvalue weighted by Crippen LogP contribution is -2.12. The number of hydrogen-bond acceptors (Lipinski definition) is 3. The van der Waals surface area contributed by atoms with Gasteiger partial charge in [-0.2, -0.15) is 0 Å². The molecule has 0 saturated carbocycles. The van der Waals surface area contributed by atoms with Crippen LogP contribution in [0.5, 0.6) is 5.75 Å². The Balaban J connectivity index is 2.12. The van der Waals surface area contributed by atoms with E-state index < -0.39 is 0 Å². The number of nitrogens with zero attached hydrogens (tertiary/aromatic N) is 1. The van der Waals surface area contributed by atoms with Crippen molar-refractivity contribution in [2.45, 2.75) is 13.8 Å². The third-order valence-corrected chi connectivity index (χ3v) is 2.68. The second kappa shape index (κ2) is 6.00. The van der Waals surface area contributed by atoms with Crippen molar-refractivity contribution in [2.24, 2.45) is 0 Å². The van der Waals surface area contributed by atoms with Crippen molar-refractivity contribution in [1.82, 2.24) is 4.98 Å². The minimum Gasteiger partial charge on any atom is -0.494 e. The van der Waals surface area contributed by atoms with Gasteiger partial charge in [0, 0.05) is 23.6 Å². The lowest BCUT2D eigenvalue weighted by atomic mass is 10.2. The van der Waals surface area contributed by atoms with Crippen LogP contribution in [0.15, 0.2) is 42.7 Å². The topological polar surface area (TPSA) is 51.2 Å². The molecule has 0 aliphatic heterocycles. The van der Waals surface area contributed by atoms with Crippen LogP contribution in [-0.4, -0.2) is 17.5 Å². The van der Waals surface area contributed by atoms with Gasteiger partial charge in [-0.05, 0) is 49.7 Å². The fourth-order valence-electron chi connectivity index (χ4n) is 1.75. The summed E-state index contributed by atoms with van der Waals surface area (Å²) in [5, 5.41) is 2.85. The Kier molecular flexibility index (Phi) is 4.13. The molecule has 1 heterocycles. The molecule has 0 aliphatic carbocycles. The van der Waals surface area contributed by atoms with Crippen LogP contribution < -0.4 is 10.1 Å². The van der Waals surface area contributed by atoms with Crippen LogP contribution in [0.3, 0.4) is 0 Å².